The molecule has 2 aromatic rings. The Morgan fingerprint density at radius 2 is 1.62 bits per heavy atom. The van der Waals surface area contributed by atoms with E-state index in [4.69, 9.17) is 14.6 Å². The molecule has 0 radical (unpaired) electrons. The van der Waals surface area contributed by atoms with Crippen LogP contribution in [0.5, 0.6) is 11.5 Å². The lowest BCUT2D eigenvalue weighted by atomic mass is 10.1. The summed E-state index contributed by atoms with van der Waals surface area (Å²) in [6, 6.07) is 14.3. The molecule has 0 spiro atoms. The van der Waals surface area contributed by atoms with E-state index in [1.165, 1.54) is 0 Å². The number of carbonyl (C=O) groups excluding carboxylic acids is 1. The number of rotatable bonds is 8. The summed E-state index contributed by atoms with van der Waals surface area (Å²) in [5, 5.41) is 10.8. The van der Waals surface area contributed by atoms with E-state index in [2.05, 4.69) is 5.32 Å². The molecular formula is C18H19NO5. The largest absolute Gasteiger partial charge is 0.497 e. The van der Waals surface area contributed by atoms with E-state index < -0.39 is 18.4 Å². The van der Waals surface area contributed by atoms with Gasteiger partial charge in [-0.05, 0) is 42.0 Å². The summed E-state index contributed by atoms with van der Waals surface area (Å²) in [6.45, 7) is 0.107. The van der Waals surface area contributed by atoms with Crippen LogP contribution in [0.15, 0.2) is 48.5 Å². The number of benzene rings is 2. The van der Waals surface area contributed by atoms with Crippen LogP contribution in [0.3, 0.4) is 0 Å². The van der Waals surface area contributed by atoms with Crippen molar-refractivity contribution in [1.82, 2.24) is 5.32 Å². The van der Waals surface area contributed by atoms with Gasteiger partial charge < -0.3 is 19.9 Å². The van der Waals surface area contributed by atoms with Crippen LogP contribution in [-0.4, -0.2) is 37.2 Å². The number of ether oxygens (including phenoxy) is 2. The number of hydrogen-bond donors (Lipinski definition) is 2. The first-order chi connectivity index (χ1) is 11.6. The minimum atomic E-state index is -1.08. The first kappa shape index (κ1) is 17.3. The Labute approximate surface area is 140 Å². The van der Waals surface area contributed by atoms with Gasteiger partial charge >= 0.3 is 5.97 Å². The maximum absolute atomic E-state index is 11.7. The Hall–Kier alpha value is -3.02. The maximum Gasteiger partial charge on any atom is 0.322 e. The average molecular weight is 329 g/mol. The van der Waals surface area contributed by atoms with Crippen molar-refractivity contribution in [2.24, 2.45) is 0 Å². The minimum absolute atomic E-state index is 0.388. The van der Waals surface area contributed by atoms with Gasteiger partial charge in [0.2, 0.25) is 0 Å². The zero-order valence-electron chi connectivity index (χ0n) is 13.3. The van der Waals surface area contributed by atoms with E-state index in [-0.39, 0.29) is 0 Å². The molecule has 126 valence electrons. The molecule has 2 aromatic carbocycles. The number of nitrogens with one attached hydrogen (secondary N) is 1. The monoisotopic (exact) mass is 329 g/mol. The molecule has 0 unspecified atom stereocenters. The SMILES string of the molecule is COc1ccc(CCOc2ccc(C(=O)NCC(=O)O)cc2)cc1. The highest BCUT2D eigenvalue weighted by Crippen LogP contribution is 2.14. The minimum Gasteiger partial charge on any atom is -0.497 e. The molecule has 0 bridgehead atoms. The number of carbonyl (C=O) groups is 2. The second kappa shape index (κ2) is 8.57. The zero-order chi connectivity index (χ0) is 17.4. The Morgan fingerprint density at radius 1 is 1.00 bits per heavy atom. The Bertz CT molecular complexity index is 680. The summed E-state index contributed by atoms with van der Waals surface area (Å²) in [7, 11) is 1.63. The highest BCUT2D eigenvalue weighted by Gasteiger charge is 2.07. The lowest BCUT2D eigenvalue weighted by Gasteiger charge is -2.08. The van der Waals surface area contributed by atoms with E-state index in [1.54, 1.807) is 31.4 Å². The summed E-state index contributed by atoms with van der Waals surface area (Å²) in [6.07, 6.45) is 0.755. The van der Waals surface area contributed by atoms with Crippen LogP contribution in [0.2, 0.25) is 0 Å². The summed E-state index contributed by atoms with van der Waals surface area (Å²) < 4.78 is 10.7. The quantitative estimate of drug-likeness (QED) is 0.775. The summed E-state index contributed by atoms with van der Waals surface area (Å²) in [5.74, 6) is -0.0428. The number of amides is 1. The van der Waals surface area contributed by atoms with Gasteiger partial charge in [0.05, 0.1) is 13.7 Å². The van der Waals surface area contributed by atoms with Gasteiger partial charge in [-0.15, -0.1) is 0 Å². The summed E-state index contributed by atoms with van der Waals surface area (Å²) in [5.41, 5.74) is 1.53. The molecule has 2 N–H and O–H groups in total. The van der Waals surface area contributed by atoms with Crippen molar-refractivity contribution in [1.29, 1.82) is 0 Å². The highest BCUT2D eigenvalue weighted by atomic mass is 16.5. The Balaban J connectivity index is 1.80. The Kier molecular flexibility index (Phi) is 6.19. The molecular weight excluding hydrogens is 310 g/mol. The van der Waals surface area contributed by atoms with Crippen molar-refractivity contribution in [2.45, 2.75) is 6.42 Å². The Morgan fingerprint density at radius 3 is 2.21 bits per heavy atom. The molecule has 0 atom stereocenters. The molecule has 0 fully saturated rings. The van der Waals surface area contributed by atoms with Gasteiger partial charge in [-0.25, -0.2) is 0 Å². The fourth-order valence-corrected chi connectivity index (χ4v) is 2.04. The molecule has 0 aliphatic carbocycles. The predicted octanol–water partition coefficient (Wildman–Crippen LogP) is 2.13. The number of hydrogen-bond acceptors (Lipinski definition) is 4. The first-order valence-electron chi connectivity index (χ1n) is 7.44. The van der Waals surface area contributed by atoms with Gasteiger partial charge in [-0.2, -0.15) is 0 Å². The third-order valence-electron chi connectivity index (χ3n) is 3.34. The van der Waals surface area contributed by atoms with Crippen LogP contribution in [0.25, 0.3) is 0 Å². The molecule has 6 nitrogen and oxygen atoms in total. The molecule has 0 aliphatic heterocycles. The van der Waals surface area contributed by atoms with Crippen molar-refractivity contribution in [2.75, 3.05) is 20.3 Å². The lowest BCUT2D eigenvalue weighted by molar-refractivity contribution is -0.135. The fraction of sp³-hybridized carbons (Fsp3) is 0.222. The number of methoxy groups -OCH3 is 1. The molecule has 0 saturated carbocycles. The molecule has 0 aromatic heterocycles. The molecule has 24 heavy (non-hydrogen) atoms. The van der Waals surface area contributed by atoms with Gasteiger partial charge in [0.1, 0.15) is 18.0 Å². The normalized spacial score (nSPS) is 10.0. The number of carboxylic acids is 1. The highest BCUT2D eigenvalue weighted by molar-refractivity contribution is 5.95. The van der Waals surface area contributed by atoms with E-state index in [0.717, 1.165) is 17.7 Å². The van der Waals surface area contributed by atoms with Crippen LogP contribution in [0, 0.1) is 0 Å². The molecule has 0 saturated heterocycles. The van der Waals surface area contributed by atoms with E-state index in [9.17, 15) is 9.59 Å². The van der Waals surface area contributed by atoms with Gasteiger partial charge in [-0.3, -0.25) is 9.59 Å². The summed E-state index contributed by atoms with van der Waals surface area (Å²) >= 11 is 0. The lowest BCUT2D eigenvalue weighted by Crippen LogP contribution is -2.29. The second-order valence-electron chi connectivity index (χ2n) is 5.05. The molecule has 2 rings (SSSR count). The fourth-order valence-electron chi connectivity index (χ4n) is 2.04. The molecule has 0 heterocycles. The van der Waals surface area contributed by atoms with Crippen LogP contribution in [0.1, 0.15) is 15.9 Å². The van der Waals surface area contributed by atoms with Crippen LogP contribution >= 0.6 is 0 Å². The molecule has 6 heteroatoms. The van der Waals surface area contributed by atoms with E-state index in [1.807, 2.05) is 24.3 Å². The second-order valence-corrected chi connectivity index (χ2v) is 5.05. The number of aliphatic carboxylic acids is 1. The van der Waals surface area contributed by atoms with Crippen molar-refractivity contribution < 1.29 is 24.2 Å². The topological polar surface area (TPSA) is 84.9 Å². The van der Waals surface area contributed by atoms with E-state index >= 15 is 0 Å². The standard InChI is InChI=1S/C18H19NO5/c1-23-15-6-2-13(3-7-15)10-11-24-16-8-4-14(5-9-16)18(22)19-12-17(20)21/h2-9H,10-12H2,1H3,(H,19,22)(H,20,21). The maximum atomic E-state index is 11.7. The van der Waals surface area contributed by atoms with Crippen molar-refractivity contribution in [3.8, 4) is 11.5 Å². The van der Waals surface area contributed by atoms with Gasteiger partial charge in [0.25, 0.3) is 5.91 Å². The van der Waals surface area contributed by atoms with E-state index in [0.29, 0.717) is 17.9 Å². The van der Waals surface area contributed by atoms with Gasteiger partial charge in [-0.1, -0.05) is 12.1 Å². The average Bonchev–Trinajstić information content (AvgIpc) is 2.61. The first-order valence-corrected chi connectivity index (χ1v) is 7.44. The van der Waals surface area contributed by atoms with Crippen molar-refractivity contribution in [3.05, 3.63) is 59.7 Å². The van der Waals surface area contributed by atoms with Crippen LogP contribution in [0.4, 0.5) is 0 Å². The molecule has 0 aliphatic rings. The van der Waals surface area contributed by atoms with Crippen LogP contribution < -0.4 is 14.8 Å². The smallest absolute Gasteiger partial charge is 0.322 e. The predicted molar refractivity (Wildman–Crippen MR) is 88.6 cm³/mol. The third kappa shape index (κ3) is 5.31. The summed E-state index contributed by atoms with van der Waals surface area (Å²) in [4.78, 5) is 22.1. The van der Waals surface area contributed by atoms with Gasteiger partial charge in [0, 0.05) is 12.0 Å². The van der Waals surface area contributed by atoms with Crippen LogP contribution in [-0.2, 0) is 11.2 Å². The number of carboxylic acid groups (broad SMARTS) is 1. The molecule has 1 amide bonds. The van der Waals surface area contributed by atoms with Gasteiger partial charge in [0.15, 0.2) is 0 Å². The third-order valence-corrected chi connectivity index (χ3v) is 3.34. The zero-order valence-corrected chi connectivity index (χ0v) is 13.3. The van der Waals surface area contributed by atoms with Crippen molar-refractivity contribution >= 4 is 11.9 Å². The van der Waals surface area contributed by atoms with Crippen molar-refractivity contribution in [3.63, 3.8) is 0 Å².